The van der Waals surface area contributed by atoms with E-state index in [-0.39, 0.29) is 0 Å². The zero-order valence-corrected chi connectivity index (χ0v) is 24.6. The molecule has 0 unspecified atom stereocenters. The molecule has 0 aliphatic rings. The van der Waals surface area contributed by atoms with E-state index in [1.54, 1.807) is 48.5 Å². The van der Waals surface area contributed by atoms with Crippen molar-refractivity contribution in [2.24, 2.45) is 0 Å². The normalized spacial score (nSPS) is 10.8. The molecular weight excluding hydrogens is 627 g/mol. The van der Waals surface area contributed by atoms with Crippen LogP contribution in [-0.2, 0) is 25.6 Å². The lowest BCUT2D eigenvalue weighted by Crippen LogP contribution is -2.15. The smallest absolute Gasteiger partial charge is 0.233 e. The third-order valence-electron chi connectivity index (χ3n) is 5.52. The summed E-state index contributed by atoms with van der Waals surface area (Å²) < 4.78 is 34.0. The van der Waals surface area contributed by atoms with E-state index >= 15 is 0 Å². The number of Topliss-reactive ketones (excluding diaryl/α,β-unsaturated/α-hetero) is 2. The summed E-state index contributed by atoms with van der Waals surface area (Å²) >= 11 is 2.27. The number of benzene rings is 3. The first-order valence-electron chi connectivity index (χ1n) is 13.1. The van der Waals surface area contributed by atoms with E-state index in [1.165, 1.54) is 0 Å². The molecule has 0 bridgehead atoms. The van der Waals surface area contributed by atoms with Gasteiger partial charge in [-0.3, -0.25) is 9.59 Å². The fourth-order valence-electron chi connectivity index (χ4n) is 3.44. The van der Waals surface area contributed by atoms with Gasteiger partial charge in [-0.15, -0.1) is 0 Å². The number of carbonyl (C=O) groups excluding carboxylic acids is 2. The van der Waals surface area contributed by atoms with E-state index in [1.807, 2.05) is 30.3 Å². The zero-order chi connectivity index (χ0) is 28.3. The molecule has 8 nitrogen and oxygen atoms in total. The van der Waals surface area contributed by atoms with Gasteiger partial charge in [-0.25, -0.2) is 0 Å². The minimum absolute atomic E-state index is 0.298. The molecule has 0 fully saturated rings. The van der Waals surface area contributed by atoms with Crippen molar-refractivity contribution in [3.05, 3.63) is 95.6 Å². The fraction of sp³-hybridized carbons (Fsp3) is 0.355. The summed E-state index contributed by atoms with van der Waals surface area (Å²) in [4.78, 5) is 25.4. The summed E-state index contributed by atoms with van der Waals surface area (Å²) in [5.41, 5.74) is 1.65. The molecule has 0 aliphatic heterocycles. The number of halogens is 1. The van der Waals surface area contributed by atoms with Gasteiger partial charge in [0, 0.05) is 15.6 Å². The second kappa shape index (κ2) is 19.3. The van der Waals surface area contributed by atoms with E-state index in [4.69, 9.17) is 28.4 Å². The van der Waals surface area contributed by atoms with Crippen molar-refractivity contribution in [3.63, 3.8) is 0 Å². The third kappa shape index (κ3) is 12.1. The van der Waals surface area contributed by atoms with Gasteiger partial charge in [0.15, 0.2) is 0 Å². The molecule has 0 aromatic heterocycles. The SMILES string of the molecule is O=C(C(=O)c1ccc(OCc2ccccc2)cc1)c1ccc(OCCOCCOCCOCCOCCI)cc1. The van der Waals surface area contributed by atoms with E-state index in [0.717, 1.165) is 16.6 Å². The Morgan fingerprint density at radius 2 is 0.925 bits per heavy atom. The van der Waals surface area contributed by atoms with Crippen LogP contribution in [0.2, 0.25) is 0 Å². The maximum absolute atomic E-state index is 12.7. The number of ether oxygens (including phenoxy) is 6. The van der Waals surface area contributed by atoms with E-state index in [9.17, 15) is 9.59 Å². The number of rotatable bonds is 21. The molecule has 0 spiro atoms. The van der Waals surface area contributed by atoms with Crippen LogP contribution >= 0.6 is 22.6 Å². The summed E-state index contributed by atoms with van der Waals surface area (Å²) in [6.07, 6.45) is 0. The van der Waals surface area contributed by atoms with Crippen LogP contribution in [0.5, 0.6) is 11.5 Å². The van der Waals surface area contributed by atoms with Gasteiger partial charge in [0.2, 0.25) is 11.6 Å². The number of ketones is 2. The van der Waals surface area contributed by atoms with Crippen LogP contribution < -0.4 is 9.47 Å². The summed E-state index contributed by atoms with van der Waals surface area (Å²) in [6, 6.07) is 22.9. The summed E-state index contributed by atoms with van der Waals surface area (Å²) in [6.45, 7) is 5.06. The lowest BCUT2D eigenvalue weighted by atomic mass is 10.0. The van der Waals surface area contributed by atoms with Crippen molar-refractivity contribution < 1.29 is 38.0 Å². The molecule has 0 N–H and O–H groups in total. The Hall–Kier alpha value is -2.83. The molecule has 0 amide bonds. The first-order chi connectivity index (χ1) is 19.7. The predicted molar refractivity (Wildman–Crippen MR) is 160 cm³/mol. The first-order valence-corrected chi connectivity index (χ1v) is 14.7. The van der Waals surface area contributed by atoms with Crippen molar-refractivity contribution in [1.29, 1.82) is 0 Å². The van der Waals surface area contributed by atoms with Crippen molar-refractivity contribution in [2.75, 3.05) is 63.9 Å². The molecule has 0 heterocycles. The zero-order valence-electron chi connectivity index (χ0n) is 22.4. The number of hydrogen-bond acceptors (Lipinski definition) is 8. The molecule has 9 heteroatoms. The molecule has 3 rings (SSSR count). The third-order valence-corrected chi connectivity index (χ3v) is 5.96. The second-order valence-corrected chi connectivity index (χ2v) is 9.55. The topological polar surface area (TPSA) is 89.5 Å². The number of alkyl halides is 1. The average molecular weight is 663 g/mol. The molecule has 0 saturated heterocycles. The lowest BCUT2D eigenvalue weighted by Gasteiger charge is -2.09. The largest absolute Gasteiger partial charge is 0.491 e. The van der Waals surface area contributed by atoms with Crippen molar-refractivity contribution in [1.82, 2.24) is 0 Å². The van der Waals surface area contributed by atoms with Gasteiger partial charge in [0.05, 0.1) is 52.9 Å². The first kappa shape index (κ1) is 31.7. The monoisotopic (exact) mass is 662 g/mol. The molecule has 214 valence electrons. The molecule has 0 aliphatic carbocycles. The van der Waals surface area contributed by atoms with Crippen LogP contribution in [0.15, 0.2) is 78.9 Å². The maximum Gasteiger partial charge on any atom is 0.233 e. The van der Waals surface area contributed by atoms with Crippen molar-refractivity contribution in [3.8, 4) is 11.5 Å². The summed E-state index contributed by atoms with van der Waals surface area (Å²) in [7, 11) is 0. The Labute approximate surface area is 249 Å². The van der Waals surface area contributed by atoms with Crippen LogP contribution in [0, 0.1) is 0 Å². The Bertz CT molecular complexity index is 1120. The Kier molecular flexibility index (Phi) is 15.3. The molecule has 3 aromatic rings. The highest BCUT2D eigenvalue weighted by Gasteiger charge is 2.18. The van der Waals surface area contributed by atoms with Crippen LogP contribution in [0.25, 0.3) is 0 Å². The predicted octanol–water partition coefficient (Wildman–Crippen LogP) is 5.21. The second-order valence-electron chi connectivity index (χ2n) is 8.47. The minimum atomic E-state index is -0.581. The number of carbonyl (C=O) groups is 2. The van der Waals surface area contributed by atoms with Crippen LogP contribution in [-0.4, -0.2) is 75.5 Å². The molecule has 3 aromatic carbocycles. The fourth-order valence-corrected chi connectivity index (χ4v) is 3.75. The molecular formula is C31H35IO8. The van der Waals surface area contributed by atoms with Gasteiger partial charge in [0.25, 0.3) is 0 Å². The van der Waals surface area contributed by atoms with Crippen LogP contribution in [0.1, 0.15) is 26.3 Å². The van der Waals surface area contributed by atoms with Crippen LogP contribution in [0.3, 0.4) is 0 Å². The molecule has 0 atom stereocenters. The highest BCUT2D eigenvalue weighted by molar-refractivity contribution is 14.1. The van der Waals surface area contributed by atoms with Gasteiger partial charge in [-0.05, 0) is 54.1 Å². The van der Waals surface area contributed by atoms with Crippen LogP contribution in [0.4, 0.5) is 0 Å². The highest BCUT2D eigenvalue weighted by atomic mass is 127. The Balaban J connectivity index is 1.27. The maximum atomic E-state index is 12.7. The molecule has 0 radical (unpaired) electrons. The average Bonchev–Trinajstić information content (AvgIpc) is 3.00. The van der Waals surface area contributed by atoms with E-state index < -0.39 is 11.6 Å². The van der Waals surface area contributed by atoms with E-state index in [2.05, 4.69) is 22.6 Å². The highest BCUT2D eigenvalue weighted by Crippen LogP contribution is 2.18. The summed E-state index contributed by atoms with van der Waals surface area (Å²) in [5, 5.41) is 0. The van der Waals surface area contributed by atoms with E-state index in [0.29, 0.717) is 82.1 Å². The summed E-state index contributed by atoms with van der Waals surface area (Å²) in [5.74, 6) is 0.0528. The Morgan fingerprint density at radius 3 is 1.40 bits per heavy atom. The Morgan fingerprint density at radius 1 is 0.500 bits per heavy atom. The minimum Gasteiger partial charge on any atom is -0.491 e. The number of hydrogen-bond donors (Lipinski definition) is 0. The lowest BCUT2D eigenvalue weighted by molar-refractivity contribution is -0.00308. The quantitative estimate of drug-likeness (QED) is 0.0505. The standard InChI is InChI=1S/C31H35IO8/c32-14-15-35-16-17-36-18-19-37-20-21-38-22-23-39-28-10-6-26(7-11-28)30(33)31(34)27-8-12-29(13-9-27)40-24-25-4-2-1-3-5-25/h1-13H,14-24H2. The van der Waals surface area contributed by atoms with Gasteiger partial charge < -0.3 is 28.4 Å². The van der Waals surface area contributed by atoms with Gasteiger partial charge in [0.1, 0.15) is 24.7 Å². The van der Waals surface area contributed by atoms with Crippen molar-refractivity contribution in [2.45, 2.75) is 6.61 Å². The van der Waals surface area contributed by atoms with Crippen molar-refractivity contribution >= 4 is 34.2 Å². The molecule has 0 saturated carbocycles. The van der Waals surface area contributed by atoms with Gasteiger partial charge in [-0.1, -0.05) is 52.9 Å². The molecule has 40 heavy (non-hydrogen) atoms. The van der Waals surface area contributed by atoms with Gasteiger partial charge in [-0.2, -0.15) is 0 Å². The van der Waals surface area contributed by atoms with Gasteiger partial charge >= 0.3 is 0 Å².